The number of alkyl halides is 3. The molecule has 0 fully saturated rings. The van der Waals surface area contributed by atoms with Gasteiger partial charge in [0.15, 0.2) is 0 Å². The summed E-state index contributed by atoms with van der Waals surface area (Å²) >= 11 is 0. The summed E-state index contributed by atoms with van der Waals surface area (Å²) < 4.78 is 45.2. The molecule has 0 spiro atoms. The Kier molecular flexibility index (Phi) is 4.61. The number of carbonyl (C=O) groups is 1. The number of anilines is 1. The number of nitrogens with two attached hydrogens (primary N) is 1. The summed E-state index contributed by atoms with van der Waals surface area (Å²) in [7, 11) is 1.07. The van der Waals surface area contributed by atoms with Gasteiger partial charge in [-0.25, -0.2) is 4.79 Å². The van der Waals surface area contributed by atoms with Crippen molar-refractivity contribution in [2.75, 3.05) is 12.8 Å². The topological polar surface area (TPSA) is 74.3 Å². The quantitative estimate of drug-likeness (QED) is 0.541. The van der Waals surface area contributed by atoms with Crippen molar-refractivity contribution in [1.29, 1.82) is 0 Å². The highest BCUT2D eigenvalue weighted by Crippen LogP contribution is 2.33. The Hall–Kier alpha value is -3.73. The van der Waals surface area contributed by atoms with E-state index in [9.17, 15) is 22.8 Å². The lowest BCUT2D eigenvalue weighted by molar-refractivity contribution is -0.137. The number of ether oxygens (including phenoxy) is 1. The number of carbonyl (C=O) groups excluding carboxylic acids is 1. The monoisotopic (exact) mass is 386 g/mol. The second kappa shape index (κ2) is 6.78. The van der Waals surface area contributed by atoms with Crippen LogP contribution in [-0.4, -0.2) is 17.6 Å². The number of halogens is 3. The second-order valence-electron chi connectivity index (χ2n) is 5.84. The van der Waals surface area contributed by atoms with E-state index in [0.29, 0.717) is 5.56 Å². The van der Waals surface area contributed by atoms with E-state index in [-0.39, 0.29) is 22.3 Å². The highest BCUT2D eigenvalue weighted by Gasteiger charge is 2.32. The van der Waals surface area contributed by atoms with Crippen LogP contribution >= 0.6 is 0 Å². The van der Waals surface area contributed by atoms with Gasteiger partial charge in [0.05, 0.1) is 23.9 Å². The Morgan fingerprint density at radius 2 is 1.82 bits per heavy atom. The van der Waals surface area contributed by atoms with Gasteiger partial charge in [0, 0.05) is 16.6 Å². The van der Waals surface area contributed by atoms with Crippen LogP contribution in [0.4, 0.5) is 18.9 Å². The molecular weight excluding hydrogens is 373 g/mol. The van der Waals surface area contributed by atoms with E-state index in [0.717, 1.165) is 29.9 Å². The fourth-order valence-electron chi connectivity index (χ4n) is 2.85. The van der Waals surface area contributed by atoms with Crippen LogP contribution in [0, 0.1) is 12.3 Å². The lowest BCUT2D eigenvalue weighted by Crippen LogP contribution is -2.28. The van der Waals surface area contributed by atoms with E-state index in [4.69, 9.17) is 12.2 Å². The Labute approximate surface area is 157 Å². The Morgan fingerprint density at radius 1 is 1.18 bits per heavy atom. The van der Waals surface area contributed by atoms with Gasteiger partial charge in [0.2, 0.25) is 0 Å². The molecule has 1 aromatic heterocycles. The number of fused-ring (bicyclic) bond motifs is 1. The summed E-state index contributed by atoms with van der Waals surface area (Å²) in [5.41, 5.74) is 3.99. The normalized spacial score (nSPS) is 11.2. The third-order valence-electron chi connectivity index (χ3n) is 4.22. The molecular formula is C20H13F3N2O3. The van der Waals surface area contributed by atoms with Crippen LogP contribution in [0.2, 0.25) is 0 Å². The summed E-state index contributed by atoms with van der Waals surface area (Å²) in [5, 5.41) is 0.106. The van der Waals surface area contributed by atoms with E-state index < -0.39 is 28.8 Å². The van der Waals surface area contributed by atoms with Gasteiger partial charge in [-0.2, -0.15) is 13.2 Å². The highest BCUT2D eigenvalue weighted by molar-refractivity contribution is 6.04. The SMILES string of the molecule is C#Cc1ccc(-n2c(=O)c(C(=O)OC)c(N)c3ccc(C(F)(F)F)cc32)cc1. The molecule has 0 amide bonds. The largest absolute Gasteiger partial charge is 0.465 e. The molecule has 2 aromatic carbocycles. The lowest BCUT2D eigenvalue weighted by atomic mass is 10.0. The molecule has 3 rings (SSSR count). The summed E-state index contributed by atoms with van der Waals surface area (Å²) in [5.74, 6) is 1.42. The van der Waals surface area contributed by atoms with Crippen LogP contribution in [0.25, 0.3) is 16.6 Å². The molecule has 5 nitrogen and oxygen atoms in total. The number of terminal acetylenes is 1. The number of rotatable bonds is 2. The maximum absolute atomic E-state index is 13.2. The van der Waals surface area contributed by atoms with Gasteiger partial charge in [0.1, 0.15) is 5.56 Å². The average molecular weight is 386 g/mol. The maximum atomic E-state index is 13.2. The van der Waals surface area contributed by atoms with E-state index in [1.807, 2.05) is 0 Å². The predicted molar refractivity (Wildman–Crippen MR) is 98.2 cm³/mol. The number of aromatic nitrogens is 1. The molecule has 0 bridgehead atoms. The van der Waals surface area contributed by atoms with Crippen molar-refractivity contribution in [3.05, 3.63) is 69.5 Å². The molecule has 0 aliphatic heterocycles. The molecule has 0 saturated heterocycles. The van der Waals surface area contributed by atoms with Crippen molar-refractivity contribution >= 4 is 22.6 Å². The minimum absolute atomic E-state index is 0.0987. The zero-order valence-electron chi connectivity index (χ0n) is 14.5. The summed E-state index contributed by atoms with van der Waals surface area (Å²) in [6.07, 6.45) is 0.680. The van der Waals surface area contributed by atoms with Gasteiger partial charge >= 0.3 is 12.1 Å². The third-order valence-corrected chi connectivity index (χ3v) is 4.22. The third kappa shape index (κ3) is 3.07. The smallest absolute Gasteiger partial charge is 0.416 e. The fraction of sp³-hybridized carbons (Fsp3) is 0.100. The van der Waals surface area contributed by atoms with E-state index in [1.54, 1.807) is 0 Å². The Bertz CT molecular complexity index is 1190. The number of pyridine rings is 1. The minimum Gasteiger partial charge on any atom is -0.465 e. The van der Waals surface area contributed by atoms with E-state index >= 15 is 0 Å². The van der Waals surface area contributed by atoms with Crippen molar-refractivity contribution in [2.24, 2.45) is 0 Å². The lowest BCUT2D eigenvalue weighted by Gasteiger charge is -2.17. The zero-order chi connectivity index (χ0) is 20.6. The minimum atomic E-state index is -4.63. The first-order chi connectivity index (χ1) is 13.2. The highest BCUT2D eigenvalue weighted by atomic mass is 19.4. The Morgan fingerprint density at radius 3 is 2.36 bits per heavy atom. The predicted octanol–water partition coefficient (Wildman–Crippen LogP) is 3.36. The van der Waals surface area contributed by atoms with E-state index in [2.05, 4.69) is 10.7 Å². The van der Waals surface area contributed by atoms with Crippen LogP contribution in [0.5, 0.6) is 0 Å². The van der Waals surface area contributed by atoms with Crippen LogP contribution in [0.1, 0.15) is 21.5 Å². The van der Waals surface area contributed by atoms with Crippen LogP contribution in [0.3, 0.4) is 0 Å². The van der Waals surface area contributed by atoms with Gasteiger partial charge in [0.25, 0.3) is 5.56 Å². The molecule has 0 aliphatic rings. The average Bonchev–Trinajstić information content (AvgIpc) is 2.67. The van der Waals surface area contributed by atoms with Gasteiger partial charge in [-0.3, -0.25) is 9.36 Å². The molecule has 0 saturated carbocycles. The molecule has 3 aromatic rings. The first kappa shape index (κ1) is 19.0. The number of methoxy groups -OCH3 is 1. The van der Waals surface area contributed by atoms with E-state index in [1.165, 1.54) is 24.3 Å². The van der Waals surface area contributed by atoms with Gasteiger partial charge in [-0.1, -0.05) is 12.0 Å². The number of hydrogen-bond donors (Lipinski definition) is 1. The standard InChI is InChI=1S/C20H13F3N2O3/c1-3-11-4-7-13(8-5-11)25-15-10-12(20(21,22)23)6-9-14(15)17(24)16(18(25)26)19(27)28-2/h1,4-10H,24H2,2H3. The molecule has 1 heterocycles. The molecule has 0 aliphatic carbocycles. The van der Waals surface area contributed by atoms with Crippen LogP contribution in [0.15, 0.2) is 47.3 Å². The molecule has 2 N–H and O–H groups in total. The number of esters is 1. The molecule has 142 valence electrons. The Balaban J connectivity index is 2.48. The van der Waals surface area contributed by atoms with Crippen molar-refractivity contribution < 1.29 is 22.7 Å². The summed E-state index contributed by atoms with van der Waals surface area (Å²) in [4.78, 5) is 25.1. The van der Waals surface area contributed by atoms with Crippen molar-refractivity contribution in [2.45, 2.75) is 6.18 Å². The maximum Gasteiger partial charge on any atom is 0.416 e. The first-order valence-electron chi connectivity index (χ1n) is 7.90. The van der Waals surface area contributed by atoms with Crippen LogP contribution in [-0.2, 0) is 10.9 Å². The number of nitrogens with zero attached hydrogens (tertiary/aromatic N) is 1. The molecule has 0 unspecified atom stereocenters. The fourth-order valence-corrected chi connectivity index (χ4v) is 2.85. The number of benzene rings is 2. The first-order valence-corrected chi connectivity index (χ1v) is 7.90. The molecule has 28 heavy (non-hydrogen) atoms. The van der Waals surface area contributed by atoms with Gasteiger partial charge in [-0.15, -0.1) is 6.42 Å². The number of hydrogen-bond acceptors (Lipinski definition) is 4. The number of nitrogen functional groups attached to an aromatic ring is 1. The van der Waals surface area contributed by atoms with Crippen molar-refractivity contribution in [3.8, 4) is 18.0 Å². The summed E-state index contributed by atoms with van der Waals surface area (Å²) in [6, 6.07) is 8.73. The van der Waals surface area contributed by atoms with Crippen molar-refractivity contribution in [1.82, 2.24) is 4.57 Å². The van der Waals surface area contributed by atoms with Crippen molar-refractivity contribution in [3.63, 3.8) is 0 Å². The molecule has 8 heteroatoms. The second-order valence-corrected chi connectivity index (χ2v) is 5.84. The molecule has 0 atom stereocenters. The summed E-state index contributed by atoms with van der Waals surface area (Å²) in [6.45, 7) is 0. The van der Waals surface area contributed by atoms with Gasteiger partial charge in [-0.05, 0) is 36.4 Å². The zero-order valence-corrected chi connectivity index (χ0v) is 14.5. The van der Waals surface area contributed by atoms with Crippen LogP contribution < -0.4 is 11.3 Å². The molecule has 0 radical (unpaired) electrons. The van der Waals surface area contributed by atoms with Gasteiger partial charge < -0.3 is 10.5 Å².